The van der Waals surface area contributed by atoms with Gasteiger partial charge in [-0.25, -0.2) is 5.84 Å². The predicted octanol–water partition coefficient (Wildman–Crippen LogP) is 0.338. The Balaban J connectivity index is 1.84. The van der Waals surface area contributed by atoms with Gasteiger partial charge in [-0.15, -0.1) is 0 Å². The summed E-state index contributed by atoms with van der Waals surface area (Å²) in [7, 11) is 0. The molecule has 0 aliphatic carbocycles. The van der Waals surface area contributed by atoms with E-state index in [0.29, 0.717) is 16.7 Å². The SMILES string of the molecule is CC(=O)CN[C@@H](Cc1ccc(O)cc1)C(=O)N[C@@H](Cc1ccc(O)cc1)C(=O)N[C@@H](Cc1ccc(O)cc1)C(=O)NN. The second-order valence-corrected chi connectivity index (χ2v) is 9.88. The average molecular weight is 578 g/mol. The number of amides is 3. The summed E-state index contributed by atoms with van der Waals surface area (Å²) in [5, 5.41) is 37.1. The first-order valence-corrected chi connectivity index (χ1v) is 13.2. The molecule has 3 amide bonds. The first-order valence-electron chi connectivity index (χ1n) is 13.2. The van der Waals surface area contributed by atoms with Gasteiger partial charge in [-0.05, 0) is 66.4 Å². The highest BCUT2D eigenvalue weighted by Crippen LogP contribution is 2.15. The molecule has 3 aromatic carbocycles. The Morgan fingerprint density at radius 2 is 0.929 bits per heavy atom. The molecule has 9 N–H and O–H groups in total. The molecule has 0 saturated carbocycles. The maximum Gasteiger partial charge on any atom is 0.256 e. The van der Waals surface area contributed by atoms with Crippen LogP contribution in [0, 0.1) is 0 Å². The zero-order chi connectivity index (χ0) is 30.6. The highest BCUT2D eigenvalue weighted by atomic mass is 16.3. The minimum absolute atomic E-state index is 0.0205. The van der Waals surface area contributed by atoms with Crippen LogP contribution in [0.4, 0.5) is 0 Å². The summed E-state index contributed by atoms with van der Waals surface area (Å²) >= 11 is 0. The number of hydrogen-bond acceptors (Lipinski definition) is 9. The summed E-state index contributed by atoms with van der Waals surface area (Å²) in [6.45, 7) is 1.29. The van der Waals surface area contributed by atoms with Crippen molar-refractivity contribution in [3.63, 3.8) is 0 Å². The number of hydrazine groups is 1. The average Bonchev–Trinajstić information content (AvgIpc) is 2.97. The van der Waals surface area contributed by atoms with Gasteiger partial charge in [-0.3, -0.25) is 29.9 Å². The number of carbonyl (C=O) groups is 4. The summed E-state index contributed by atoms with van der Waals surface area (Å²) in [5.74, 6) is 3.40. The molecular weight excluding hydrogens is 542 g/mol. The van der Waals surface area contributed by atoms with E-state index < -0.39 is 35.8 Å². The Bertz CT molecular complexity index is 1360. The van der Waals surface area contributed by atoms with Crippen LogP contribution in [0.5, 0.6) is 17.2 Å². The van der Waals surface area contributed by atoms with Crippen LogP contribution in [-0.2, 0) is 38.4 Å². The van der Waals surface area contributed by atoms with Gasteiger partial charge in [0.15, 0.2) is 0 Å². The van der Waals surface area contributed by atoms with E-state index in [1.165, 1.54) is 43.3 Å². The number of phenolic OH excluding ortho intramolecular Hbond substituents is 3. The fourth-order valence-electron chi connectivity index (χ4n) is 4.19. The Hall–Kier alpha value is -4.94. The molecule has 0 aliphatic heterocycles. The van der Waals surface area contributed by atoms with Crippen LogP contribution < -0.4 is 27.2 Å². The van der Waals surface area contributed by atoms with E-state index in [1.807, 2.05) is 5.43 Å². The van der Waals surface area contributed by atoms with E-state index in [0.717, 1.165) is 0 Å². The van der Waals surface area contributed by atoms with E-state index in [2.05, 4.69) is 16.0 Å². The van der Waals surface area contributed by atoms with Crippen LogP contribution in [-0.4, -0.2) is 63.5 Å². The molecule has 0 fully saturated rings. The van der Waals surface area contributed by atoms with E-state index in [9.17, 15) is 34.5 Å². The molecule has 0 unspecified atom stereocenters. The lowest BCUT2D eigenvalue weighted by atomic mass is 10.0. The molecule has 3 aromatic rings. The molecule has 0 aromatic heterocycles. The first-order chi connectivity index (χ1) is 20.0. The summed E-state index contributed by atoms with van der Waals surface area (Å²) in [5.41, 5.74) is 4.01. The number of rotatable bonds is 14. The topological polar surface area (TPSA) is 203 Å². The van der Waals surface area contributed by atoms with Crippen molar-refractivity contribution in [1.29, 1.82) is 0 Å². The minimum Gasteiger partial charge on any atom is -0.508 e. The molecular formula is C30H35N5O7. The summed E-state index contributed by atoms with van der Waals surface area (Å²) in [6.07, 6.45) is 0.233. The lowest BCUT2D eigenvalue weighted by Crippen LogP contribution is -2.58. The van der Waals surface area contributed by atoms with Gasteiger partial charge in [0.1, 0.15) is 35.1 Å². The highest BCUT2D eigenvalue weighted by Gasteiger charge is 2.29. The van der Waals surface area contributed by atoms with Crippen molar-refractivity contribution in [2.75, 3.05) is 6.54 Å². The molecule has 12 nitrogen and oxygen atoms in total. The normalized spacial score (nSPS) is 12.9. The third-order valence-corrected chi connectivity index (χ3v) is 6.45. The summed E-state index contributed by atoms with van der Waals surface area (Å²) < 4.78 is 0. The number of ketones is 1. The van der Waals surface area contributed by atoms with Crippen molar-refractivity contribution < 1.29 is 34.5 Å². The predicted molar refractivity (Wildman–Crippen MR) is 154 cm³/mol. The van der Waals surface area contributed by atoms with Gasteiger partial charge in [0, 0.05) is 12.8 Å². The van der Waals surface area contributed by atoms with Gasteiger partial charge in [0.2, 0.25) is 11.8 Å². The lowest BCUT2D eigenvalue weighted by molar-refractivity contribution is -0.132. The number of aromatic hydroxyl groups is 3. The highest BCUT2D eigenvalue weighted by molar-refractivity contribution is 5.93. The number of benzene rings is 3. The molecule has 0 heterocycles. The third kappa shape index (κ3) is 9.91. The molecule has 0 saturated heterocycles. The molecule has 0 aliphatic rings. The quantitative estimate of drug-likeness (QED) is 0.0755. The Morgan fingerprint density at radius 3 is 1.29 bits per heavy atom. The van der Waals surface area contributed by atoms with E-state index >= 15 is 0 Å². The van der Waals surface area contributed by atoms with Gasteiger partial charge in [0.25, 0.3) is 5.91 Å². The molecule has 12 heteroatoms. The fraction of sp³-hybridized carbons (Fsp3) is 0.267. The summed E-state index contributed by atoms with van der Waals surface area (Å²) in [6, 6.07) is 15.3. The smallest absolute Gasteiger partial charge is 0.256 e. The van der Waals surface area contributed by atoms with E-state index in [-0.39, 0.29) is 48.8 Å². The van der Waals surface area contributed by atoms with Gasteiger partial charge in [-0.1, -0.05) is 36.4 Å². The minimum atomic E-state index is -1.16. The van der Waals surface area contributed by atoms with E-state index in [4.69, 9.17) is 5.84 Å². The Kier molecular flexibility index (Phi) is 11.4. The van der Waals surface area contributed by atoms with Crippen LogP contribution in [0.15, 0.2) is 72.8 Å². The van der Waals surface area contributed by atoms with Crippen LogP contribution in [0.25, 0.3) is 0 Å². The number of hydrogen-bond donors (Lipinski definition) is 8. The van der Waals surface area contributed by atoms with Crippen molar-refractivity contribution in [1.82, 2.24) is 21.4 Å². The van der Waals surface area contributed by atoms with Crippen LogP contribution in [0.1, 0.15) is 23.6 Å². The second kappa shape index (κ2) is 15.2. The first kappa shape index (κ1) is 31.6. The lowest BCUT2D eigenvalue weighted by Gasteiger charge is -2.25. The van der Waals surface area contributed by atoms with Crippen LogP contribution >= 0.6 is 0 Å². The Labute approximate surface area is 242 Å². The van der Waals surface area contributed by atoms with Crippen molar-refractivity contribution in [3.8, 4) is 17.2 Å². The van der Waals surface area contributed by atoms with Crippen LogP contribution in [0.3, 0.4) is 0 Å². The van der Waals surface area contributed by atoms with Crippen LogP contribution in [0.2, 0.25) is 0 Å². The number of nitrogens with two attached hydrogens (primary N) is 1. The monoisotopic (exact) mass is 577 g/mol. The molecule has 3 rings (SSSR count). The third-order valence-electron chi connectivity index (χ3n) is 6.45. The fourth-order valence-corrected chi connectivity index (χ4v) is 4.19. The van der Waals surface area contributed by atoms with Crippen molar-refractivity contribution in [3.05, 3.63) is 89.5 Å². The number of Topliss-reactive ketones (excluding diaryl/α,β-unsaturated/α-hetero) is 1. The summed E-state index contributed by atoms with van der Waals surface area (Å²) in [4.78, 5) is 51.3. The Morgan fingerprint density at radius 1 is 0.595 bits per heavy atom. The van der Waals surface area contributed by atoms with Crippen molar-refractivity contribution in [2.24, 2.45) is 5.84 Å². The largest absolute Gasteiger partial charge is 0.508 e. The van der Waals surface area contributed by atoms with Crippen molar-refractivity contribution >= 4 is 23.5 Å². The number of phenols is 3. The number of carbonyl (C=O) groups excluding carboxylic acids is 4. The zero-order valence-corrected chi connectivity index (χ0v) is 23.0. The zero-order valence-electron chi connectivity index (χ0n) is 23.0. The second-order valence-electron chi connectivity index (χ2n) is 9.88. The van der Waals surface area contributed by atoms with Gasteiger partial charge in [-0.2, -0.15) is 0 Å². The van der Waals surface area contributed by atoms with E-state index in [1.54, 1.807) is 36.4 Å². The molecule has 0 spiro atoms. The van der Waals surface area contributed by atoms with Gasteiger partial charge >= 0.3 is 0 Å². The van der Waals surface area contributed by atoms with Gasteiger partial charge < -0.3 is 26.0 Å². The molecule has 42 heavy (non-hydrogen) atoms. The van der Waals surface area contributed by atoms with Gasteiger partial charge in [0.05, 0.1) is 12.6 Å². The molecule has 222 valence electrons. The maximum atomic E-state index is 13.6. The molecule has 3 atom stereocenters. The van der Waals surface area contributed by atoms with Crippen molar-refractivity contribution in [2.45, 2.75) is 44.3 Å². The maximum absolute atomic E-state index is 13.6. The molecule has 0 radical (unpaired) electrons. The number of nitrogens with one attached hydrogen (secondary N) is 4. The molecule has 0 bridgehead atoms. The standard InChI is InChI=1S/C30H35N5O7/c1-18(36)17-32-25(14-19-2-8-22(37)9-3-19)28(40)33-26(15-20-4-10-23(38)11-5-20)29(41)34-27(30(42)35-31)16-21-6-12-24(39)13-7-21/h2-13,25-27,32,37-39H,14-17,31H2,1H3,(H,33,40)(H,34,41)(H,35,42)/t25-,26-,27-/m0/s1.